The number of aliphatic hydroxyl groups is 1. The summed E-state index contributed by atoms with van der Waals surface area (Å²) in [5, 5.41) is 9.84. The number of rotatable bonds is 15. The normalized spacial score (nSPS) is 13.1. The van der Waals surface area contributed by atoms with Crippen molar-refractivity contribution in [1.29, 1.82) is 0 Å². The van der Waals surface area contributed by atoms with Gasteiger partial charge in [0.25, 0.3) is 0 Å². The number of ether oxygens (including phenoxy) is 1. The molecule has 0 saturated carbocycles. The van der Waals surface area contributed by atoms with E-state index in [2.05, 4.69) is 25.7 Å². The largest absolute Gasteiger partial charge is 0.389 e. The van der Waals surface area contributed by atoms with Crippen molar-refractivity contribution >= 4 is 0 Å². The van der Waals surface area contributed by atoms with Crippen LogP contribution in [0.5, 0.6) is 0 Å². The van der Waals surface area contributed by atoms with Crippen LogP contribution in [0, 0.1) is 0 Å². The van der Waals surface area contributed by atoms with Gasteiger partial charge in [-0.2, -0.15) is 0 Å². The molecule has 3 heteroatoms. The minimum Gasteiger partial charge on any atom is -0.389 e. The Bertz CT molecular complexity index is 184. The van der Waals surface area contributed by atoms with Crippen LogP contribution in [0.4, 0.5) is 0 Å². The lowest BCUT2D eigenvalue weighted by atomic mass is 10.1. The highest BCUT2D eigenvalue weighted by Gasteiger charge is 2.08. The fourth-order valence-corrected chi connectivity index (χ4v) is 2.39. The van der Waals surface area contributed by atoms with Crippen LogP contribution < -0.4 is 0 Å². The van der Waals surface area contributed by atoms with Crippen LogP contribution >= 0.6 is 0 Å². The molecular formula is C17H37NO2. The Kier molecular flexibility index (Phi) is 15.2. The maximum atomic E-state index is 9.84. The van der Waals surface area contributed by atoms with E-state index in [9.17, 15) is 5.11 Å². The van der Waals surface area contributed by atoms with Gasteiger partial charge >= 0.3 is 0 Å². The summed E-state index contributed by atoms with van der Waals surface area (Å²) in [6.45, 7) is 10.5. The molecule has 0 bridgehead atoms. The molecule has 0 heterocycles. The van der Waals surface area contributed by atoms with Crippen LogP contribution in [0.1, 0.15) is 72.1 Å². The number of hydrogen-bond acceptors (Lipinski definition) is 3. The van der Waals surface area contributed by atoms with Gasteiger partial charge in [0.15, 0.2) is 0 Å². The minimum absolute atomic E-state index is 0.344. The zero-order valence-electron chi connectivity index (χ0n) is 14.1. The Morgan fingerprint density at radius 1 is 0.850 bits per heavy atom. The molecule has 3 nitrogen and oxygen atoms in total. The van der Waals surface area contributed by atoms with E-state index in [1.807, 2.05) is 0 Å². The van der Waals surface area contributed by atoms with E-state index in [4.69, 9.17) is 4.74 Å². The van der Waals surface area contributed by atoms with E-state index in [1.54, 1.807) is 0 Å². The van der Waals surface area contributed by atoms with E-state index in [0.717, 1.165) is 32.7 Å². The minimum atomic E-state index is -0.344. The quantitative estimate of drug-likeness (QED) is 0.464. The van der Waals surface area contributed by atoms with E-state index in [0.29, 0.717) is 6.61 Å². The van der Waals surface area contributed by atoms with Gasteiger partial charge in [-0.1, -0.05) is 65.7 Å². The van der Waals surface area contributed by atoms with Crippen molar-refractivity contribution in [3.63, 3.8) is 0 Å². The van der Waals surface area contributed by atoms with Gasteiger partial charge in [0.05, 0.1) is 12.7 Å². The molecule has 0 aromatic carbocycles. The second-order valence-electron chi connectivity index (χ2n) is 5.69. The van der Waals surface area contributed by atoms with Crippen LogP contribution in [0.2, 0.25) is 0 Å². The molecule has 122 valence electrons. The van der Waals surface area contributed by atoms with E-state index in [-0.39, 0.29) is 6.10 Å². The molecule has 0 aromatic rings. The molecule has 0 amide bonds. The van der Waals surface area contributed by atoms with Gasteiger partial charge < -0.3 is 14.7 Å². The molecule has 20 heavy (non-hydrogen) atoms. The van der Waals surface area contributed by atoms with Gasteiger partial charge in [-0.05, 0) is 19.5 Å². The molecule has 1 N–H and O–H groups in total. The van der Waals surface area contributed by atoms with Gasteiger partial charge in [0.1, 0.15) is 0 Å². The molecule has 0 aliphatic carbocycles. The SMILES string of the molecule is CCCCCCCCCCOCC(O)CN(CC)CC. The second-order valence-corrected chi connectivity index (χ2v) is 5.69. The lowest BCUT2D eigenvalue weighted by molar-refractivity contribution is 0.0171. The van der Waals surface area contributed by atoms with E-state index >= 15 is 0 Å². The highest BCUT2D eigenvalue weighted by Crippen LogP contribution is 2.08. The lowest BCUT2D eigenvalue weighted by Crippen LogP contribution is -2.34. The Balaban J connectivity index is 3.22. The number of hydrogen-bond donors (Lipinski definition) is 1. The smallest absolute Gasteiger partial charge is 0.0900 e. The van der Waals surface area contributed by atoms with Crippen LogP contribution in [-0.2, 0) is 4.74 Å². The van der Waals surface area contributed by atoms with Crippen molar-refractivity contribution in [2.45, 2.75) is 78.2 Å². The molecule has 0 aromatic heterocycles. The summed E-state index contributed by atoms with van der Waals surface area (Å²) in [5.41, 5.74) is 0. The van der Waals surface area contributed by atoms with Crippen LogP contribution in [0.25, 0.3) is 0 Å². The summed E-state index contributed by atoms with van der Waals surface area (Å²) in [7, 11) is 0. The van der Waals surface area contributed by atoms with Crippen molar-refractivity contribution in [1.82, 2.24) is 4.90 Å². The summed E-state index contributed by atoms with van der Waals surface area (Å²) >= 11 is 0. The second kappa shape index (κ2) is 15.3. The number of unbranched alkanes of at least 4 members (excludes halogenated alkanes) is 7. The van der Waals surface area contributed by atoms with Gasteiger partial charge in [0.2, 0.25) is 0 Å². The van der Waals surface area contributed by atoms with Gasteiger partial charge in [-0.3, -0.25) is 0 Å². The first-order chi connectivity index (χ1) is 9.74. The highest BCUT2D eigenvalue weighted by atomic mass is 16.5. The number of aliphatic hydroxyl groups excluding tert-OH is 1. The predicted molar refractivity (Wildman–Crippen MR) is 87.2 cm³/mol. The van der Waals surface area contributed by atoms with Gasteiger partial charge in [0, 0.05) is 13.2 Å². The molecule has 0 aliphatic rings. The third-order valence-corrected chi connectivity index (χ3v) is 3.82. The summed E-state index contributed by atoms with van der Waals surface area (Å²) in [6, 6.07) is 0. The first kappa shape index (κ1) is 19.9. The topological polar surface area (TPSA) is 32.7 Å². The summed E-state index contributed by atoms with van der Waals surface area (Å²) < 4.78 is 5.55. The molecular weight excluding hydrogens is 250 g/mol. The molecule has 0 rings (SSSR count). The average molecular weight is 287 g/mol. The van der Waals surface area contributed by atoms with Crippen molar-refractivity contribution < 1.29 is 9.84 Å². The Morgan fingerprint density at radius 2 is 1.40 bits per heavy atom. The van der Waals surface area contributed by atoms with Crippen molar-refractivity contribution in [3.05, 3.63) is 0 Å². The third kappa shape index (κ3) is 12.9. The summed E-state index contributed by atoms with van der Waals surface area (Å²) in [4.78, 5) is 2.23. The monoisotopic (exact) mass is 287 g/mol. The Labute approximate surface area is 126 Å². The molecule has 0 spiro atoms. The zero-order valence-corrected chi connectivity index (χ0v) is 14.1. The van der Waals surface area contributed by atoms with E-state index in [1.165, 1.54) is 44.9 Å². The average Bonchev–Trinajstić information content (AvgIpc) is 2.46. The molecule has 1 atom stereocenters. The molecule has 0 saturated heterocycles. The van der Waals surface area contributed by atoms with Gasteiger partial charge in [-0.25, -0.2) is 0 Å². The Morgan fingerprint density at radius 3 is 1.95 bits per heavy atom. The maximum Gasteiger partial charge on any atom is 0.0900 e. The first-order valence-electron chi connectivity index (χ1n) is 8.72. The fourth-order valence-electron chi connectivity index (χ4n) is 2.39. The van der Waals surface area contributed by atoms with E-state index < -0.39 is 0 Å². The van der Waals surface area contributed by atoms with Gasteiger partial charge in [-0.15, -0.1) is 0 Å². The molecule has 0 fully saturated rings. The lowest BCUT2D eigenvalue weighted by Gasteiger charge is -2.21. The fraction of sp³-hybridized carbons (Fsp3) is 1.00. The first-order valence-corrected chi connectivity index (χ1v) is 8.72. The Hall–Kier alpha value is -0.120. The van der Waals surface area contributed by atoms with Crippen molar-refractivity contribution in [2.24, 2.45) is 0 Å². The summed E-state index contributed by atoms with van der Waals surface area (Å²) in [6.07, 6.45) is 10.2. The third-order valence-electron chi connectivity index (χ3n) is 3.82. The van der Waals surface area contributed by atoms with Crippen molar-refractivity contribution in [3.8, 4) is 0 Å². The molecule has 1 unspecified atom stereocenters. The number of likely N-dealkylation sites (N-methyl/N-ethyl adjacent to an activating group) is 1. The predicted octanol–water partition coefficient (Wildman–Crippen LogP) is 3.85. The summed E-state index contributed by atoms with van der Waals surface area (Å²) in [5.74, 6) is 0. The number of nitrogens with zero attached hydrogens (tertiary/aromatic N) is 1. The molecule has 0 radical (unpaired) electrons. The maximum absolute atomic E-state index is 9.84. The standard InChI is InChI=1S/C17H37NO2/c1-4-7-8-9-10-11-12-13-14-20-16-17(19)15-18(5-2)6-3/h17,19H,4-16H2,1-3H3. The zero-order chi connectivity index (χ0) is 15.1. The van der Waals surface area contributed by atoms with Crippen LogP contribution in [0.3, 0.4) is 0 Å². The van der Waals surface area contributed by atoms with Crippen LogP contribution in [0.15, 0.2) is 0 Å². The van der Waals surface area contributed by atoms with Crippen molar-refractivity contribution in [2.75, 3.05) is 32.8 Å². The molecule has 0 aliphatic heterocycles. The van der Waals surface area contributed by atoms with Crippen LogP contribution in [-0.4, -0.2) is 49.0 Å². The highest BCUT2D eigenvalue weighted by molar-refractivity contribution is 4.61.